The van der Waals surface area contributed by atoms with Crippen molar-refractivity contribution in [3.05, 3.63) is 44.8 Å². The summed E-state index contributed by atoms with van der Waals surface area (Å²) >= 11 is 0. The topological polar surface area (TPSA) is 84.3 Å². The van der Waals surface area contributed by atoms with E-state index in [0.29, 0.717) is 12.0 Å². The van der Waals surface area contributed by atoms with Gasteiger partial charge in [-0.15, -0.1) is 0 Å². The first kappa shape index (κ1) is 13.8. The maximum atomic E-state index is 11.8. The largest absolute Gasteiger partial charge is 0.394 e. The van der Waals surface area contributed by atoms with Crippen molar-refractivity contribution in [2.24, 2.45) is 5.92 Å². The van der Waals surface area contributed by atoms with Crippen LogP contribution in [0.15, 0.2) is 27.9 Å². The molecule has 0 unspecified atom stereocenters. The number of aliphatic hydroxyl groups is 1. The predicted octanol–water partition coefficient (Wildman–Crippen LogP) is 0.317. The summed E-state index contributed by atoms with van der Waals surface area (Å²) < 4.78 is 7.04. The van der Waals surface area contributed by atoms with Crippen LogP contribution in [0.25, 0.3) is 0 Å². The van der Waals surface area contributed by atoms with Gasteiger partial charge >= 0.3 is 5.69 Å². The first-order chi connectivity index (χ1) is 8.93. The summed E-state index contributed by atoms with van der Waals surface area (Å²) in [5, 5.41) is 9.31. The summed E-state index contributed by atoms with van der Waals surface area (Å²) in [6, 6.07) is 0. The second-order valence-electron chi connectivity index (χ2n) is 4.98. The fourth-order valence-corrected chi connectivity index (χ4v) is 2.39. The highest BCUT2D eigenvalue weighted by Crippen LogP contribution is 2.36. The molecule has 0 amide bonds. The average molecular weight is 266 g/mol. The van der Waals surface area contributed by atoms with Crippen LogP contribution >= 0.6 is 0 Å². The van der Waals surface area contributed by atoms with Gasteiger partial charge in [0.15, 0.2) is 0 Å². The van der Waals surface area contributed by atoms with E-state index in [9.17, 15) is 14.7 Å². The standard InChI is InChI=1S/C13H18N2O4/c1-7(2)9-4-11(19-10(9)6-16)15-5-8(3)12(17)14-13(15)18/h5,9-11,16H,1,4,6H2,2-3H3,(H,14,17,18)/t9-,10-,11-/m1/s1. The van der Waals surface area contributed by atoms with E-state index in [2.05, 4.69) is 11.6 Å². The number of aryl methyl sites for hydroxylation is 1. The van der Waals surface area contributed by atoms with Crippen molar-refractivity contribution in [3.63, 3.8) is 0 Å². The smallest absolute Gasteiger partial charge is 0.330 e. The zero-order chi connectivity index (χ0) is 14.2. The molecule has 1 aromatic heterocycles. The van der Waals surface area contributed by atoms with Gasteiger partial charge in [-0.3, -0.25) is 14.3 Å². The van der Waals surface area contributed by atoms with Gasteiger partial charge in [0.1, 0.15) is 6.23 Å². The molecular formula is C13H18N2O4. The Hall–Kier alpha value is -1.66. The lowest BCUT2D eigenvalue weighted by atomic mass is 9.94. The molecule has 104 valence electrons. The Labute approximate surface area is 110 Å². The van der Waals surface area contributed by atoms with Gasteiger partial charge in [-0.25, -0.2) is 4.79 Å². The molecule has 0 spiro atoms. The van der Waals surface area contributed by atoms with E-state index in [0.717, 1.165) is 5.57 Å². The molecule has 1 aliphatic rings. The molecular weight excluding hydrogens is 248 g/mol. The van der Waals surface area contributed by atoms with Crippen LogP contribution in [0.5, 0.6) is 0 Å². The van der Waals surface area contributed by atoms with Crippen molar-refractivity contribution in [1.29, 1.82) is 0 Å². The lowest BCUT2D eigenvalue weighted by Gasteiger charge is -2.15. The van der Waals surface area contributed by atoms with Crippen LogP contribution < -0.4 is 11.2 Å². The van der Waals surface area contributed by atoms with E-state index in [4.69, 9.17) is 4.74 Å². The molecule has 0 saturated carbocycles. The summed E-state index contributed by atoms with van der Waals surface area (Å²) in [5.74, 6) is 0.00846. The number of aromatic nitrogens is 2. The highest BCUT2D eigenvalue weighted by Gasteiger charge is 2.36. The van der Waals surface area contributed by atoms with Gasteiger partial charge < -0.3 is 9.84 Å². The van der Waals surface area contributed by atoms with Crippen LogP contribution in [0.3, 0.4) is 0 Å². The normalized spacial score (nSPS) is 26.6. The average Bonchev–Trinajstić information content (AvgIpc) is 2.77. The summed E-state index contributed by atoms with van der Waals surface area (Å²) in [6.07, 6.45) is 1.20. The fraction of sp³-hybridized carbons (Fsp3) is 0.538. The van der Waals surface area contributed by atoms with Gasteiger partial charge in [-0.2, -0.15) is 0 Å². The number of aromatic amines is 1. The molecule has 0 bridgehead atoms. The minimum atomic E-state index is -0.500. The van der Waals surface area contributed by atoms with Crippen LogP contribution in [-0.4, -0.2) is 27.4 Å². The van der Waals surface area contributed by atoms with E-state index in [1.54, 1.807) is 6.92 Å². The monoisotopic (exact) mass is 266 g/mol. The van der Waals surface area contributed by atoms with Crippen LogP contribution in [0.4, 0.5) is 0 Å². The molecule has 2 heterocycles. The maximum absolute atomic E-state index is 11.8. The van der Waals surface area contributed by atoms with Crippen molar-refractivity contribution in [1.82, 2.24) is 9.55 Å². The lowest BCUT2D eigenvalue weighted by molar-refractivity contribution is -0.0302. The van der Waals surface area contributed by atoms with Crippen molar-refractivity contribution < 1.29 is 9.84 Å². The summed E-state index contributed by atoms with van der Waals surface area (Å²) in [5.41, 5.74) is 0.465. The minimum Gasteiger partial charge on any atom is -0.394 e. The number of nitrogens with zero attached hydrogens (tertiary/aromatic N) is 1. The number of aliphatic hydroxyl groups excluding tert-OH is 1. The molecule has 2 N–H and O–H groups in total. The van der Waals surface area contributed by atoms with Crippen LogP contribution in [-0.2, 0) is 4.74 Å². The molecule has 19 heavy (non-hydrogen) atoms. The van der Waals surface area contributed by atoms with Gasteiger partial charge in [0.2, 0.25) is 0 Å². The summed E-state index contributed by atoms with van der Waals surface area (Å²) in [4.78, 5) is 25.4. The Bertz CT molecular complexity index is 601. The SMILES string of the molecule is C=C(C)[C@H]1C[C@H](n2cc(C)c(=O)[nH]c2=O)O[C@@H]1CO. The number of nitrogens with one attached hydrogen (secondary N) is 1. The number of hydrogen-bond donors (Lipinski definition) is 2. The molecule has 0 aliphatic carbocycles. The second-order valence-corrected chi connectivity index (χ2v) is 4.98. The molecule has 1 aromatic rings. The Balaban J connectivity index is 2.35. The quantitative estimate of drug-likeness (QED) is 0.771. The number of H-pyrrole nitrogens is 1. The van der Waals surface area contributed by atoms with Gasteiger partial charge in [-0.1, -0.05) is 12.2 Å². The molecule has 1 aliphatic heterocycles. The third kappa shape index (κ3) is 2.54. The number of ether oxygens (including phenoxy) is 1. The third-order valence-corrected chi connectivity index (χ3v) is 3.51. The molecule has 1 saturated heterocycles. The number of hydrogen-bond acceptors (Lipinski definition) is 4. The van der Waals surface area contributed by atoms with Crippen LogP contribution in [0, 0.1) is 12.8 Å². The Morgan fingerprint density at radius 2 is 2.32 bits per heavy atom. The lowest BCUT2D eigenvalue weighted by Crippen LogP contribution is -2.33. The highest BCUT2D eigenvalue weighted by molar-refractivity contribution is 5.06. The van der Waals surface area contributed by atoms with Gasteiger partial charge in [0.05, 0.1) is 12.7 Å². The zero-order valence-electron chi connectivity index (χ0n) is 11.0. The molecule has 2 rings (SSSR count). The van der Waals surface area contributed by atoms with Gasteiger partial charge in [-0.05, 0) is 13.8 Å². The number of rotatable bonds is 3. The van der Waals surface area contributed by atoms with E-state index >= 15 is 0 Å². The Morgan fingerprint density at radius 1 is 1.63 bits per heavy atom. The minimum absolute atomic E-state index is 0.00846. The van der Waals surface area contributed by atoms with Crippen molar-refractivity contribution >= 4 is 0 Å². The zero-order valence-corrected chi connectivity index (χ0v) is 11.0. The predicted molar refractivity (Wildman–Crippen MR) is 70.0 cm³/mol. The molecule has 6 heteroatoms. The second kappa shape index (κ2) is 5.14. The first-order valence-corrected chi connectivity index (χ1v) is 6.17. The maximum Gasteiger partial charge on any atom is 0.330 e. The van der Waals surface area contributed by atoms with Gasteiger partial charge in [0, 0.05) is 24.1 Å². The Morgan fingerprint density at radius 3 is 2.84 bits per heavy atom. The van der Waals surface area contributed by atoms with Gasteiger partial charge in [0.25, 0.3) is 5.56 Å². The molecule has 1 fully saturated rings. The van der Waals surface area contributed by atoms with Crippen LogP contribution in [0.2, 0.25) is 0 Å². The van der Waals surface area contributed by atoms with Crippen LogP contribution in [0.1, 0.15) is 25.1 Å². The van der Waals surface area contributed by atoms with Crippen molar-refractivity contribution in [3.8, 4) is 0 Å². The van der Waals surface area contributed by atoms with E-state index in [-0.39, 0.29) is 18.6 Å². The third-order valence-electron chi connectivity index (χ3n) is 3.51. The molecule has 0 radical (unpaired) electrons. The first-order valence-electron chi connectivity index (χ1n) is 6.17. The van der Waals surface area contributed by atoms with Crippen molar-refractivity contribution in [2.45, 2.75) is 32.6 Å². The van der Waals surface area contributed by atoms with Crippen molar-refractivity contribution in [2.75, 3.05) is 6.61 Å². The fourth-order valence-electron chi connectivity index (χ4n) is 2.39. The van der Waals surface area contributed by atoms with E-state index in [1.807, 2.05) is 6.92 Å². The van der Waals surface area contributed by atoms with E-state index < -0.39 is 17.5 Å². The highest BCUT2D eigenvalue weighted by atomic mass is 16.5. The molecule has 6 nitrogen and oxygen atoms in total. The summed E-state index contributed by atoms with van der Waals surface area (Å²) in [7, 11) is 0. The van der Waals surface area contributed by atoms with E-state index in [1.165, 1.54) is 10.8 Å². The molecule has 0 aromatic carbocycles. The Kier molecular flexibility index (Phi) is 3.73. The summed E-state index contributed by atoms with van der Waals surface area (Å²) in [6.45, 7) is 7.26. The molecule has 3 atom stereocenters.